The summed E-state index contributed by atoms with van der Waals surface area (Å²) in [7, 11) is 0. The summed E-state index contributed by atoms with van der Waals surface area (Å²) in [5, 5.41) is 1.08. The van der Waals surface area contributed by atoms with Crippen LogP contribution in [0.15, 0.2) is 144 Å². The third-order valence-electron chi connectivity index (χ3n) is 14.9. The van der Waals surface area contributed by atoms with E-state index < -0.39 is 0 Å². The van der Waals surface area contributed by atoms with Crippen LogP contribution in [0.1, 0.15) is 124 Å². The van der Waals surface area contributed by atoms with Gasteiger partial charge >= 0.3 is 6.71 Å². The molecule has 6 nitrogen and oxygen atoms in total. The molecule has 1 aliphatic carbocycles. The minimum absolute atomic E-state index is 0.0111. The largest absolute Gasteiger partial charge is 0.468 e. The van der Waals surface area contributed by atoms with Crippen LogP contribution in [0.25, 0.3) is 11.0 Å². The first-order valence-corrected chi connectivity index (χ1v) is 24.5. The highest BCUT2D eigenvalue weighted by Gasteiger charge is 2.50. The molecule has 4 heterocycles. The molecular formula is C61H64BN5O. The third kappa shape index (κ3) is 6.98. The van der Waals surface area contributed by atoms with E-state index in [0.717, 1.165) is 74.3 Å². The van der Waals surface area contributed by atoms with E-state index in [4.69, 9.17) is 14.4 Å². The van der Waals surface area contributed by atoms with Crippen molar-refractivity contribution in [2.24, 2.45) is 0 Å². The Morgan fingerprint density at radius 2 is 1.07 bits per heavy atom. The fourth-order valence-electron chi connectivity index (χ4n) is 11.5. The maximum atomic E-state index is 7.39. The van der Waals surface area contributed by atoms with Gasteiger partial charge in [0.25, 0.3) is 0 Å². The van der Waals surface area contributed by atoms with Gasteiger partial charge in [-0.25, -0.2) is 0 Å². The number of fused-ring (bicyclic) bond motifs is 7. The summed E-state index contributed by atoms with van der Waals surface area (Å²) < 4.78 is 7.39. The SMILES string of the molecule is CC(C)(C)c1ccc(N2c3ccc(C(C)(C)C)cc3B3c4oc5ccc(C(C)(C)C)cc5c4N(c4ccc5c(c4)C(C)(C)CC5(C)C)c4nc(N(c5ccccc5)c5ccccc5)nc2c43)cc1. The molecule has 68 heavy (non-hydrogen) atoms. The Morgan fingerprint density at radius 3 is 1.68 bits per heavy atom. The summed E-state index contributed by atoms with van der Waals surface area (Å²) in [6.45, 7) is 29.9. The molecule has 0 amide bonds. The average molecular weight is 894 g/mol. The summed E-state index contributed by atoms with van der Waals surface area (Å²) in [6, 6.07) is 51.2. The van der Waals surface area contributed by atoms with E-state index in [0.29, 0.717) is 5.95 Å². The van der Waals surface area contributed by atoms with Gasteiger partial charge in [-0.1, -0.05) is 163 Å². The van der Waals surface area contributed by atoms with Crippen molar-refractivity contribution in [2.45, 2.75) is 124 Å². The van der Waals surface area contributed by atoms with Gasteiger partial charge in [0.15, 0.2) is 0 Å². The lowest BCUT2D eigenvalue weighted by molar-refractivity contribution is 0.403. The molecule has 2 aromatic heterocycles. The fourth-order valence-corrected chi connectivity index (χ4v) is 11.5. The van der Waals surface area contributed by atoms with Crippen LogP contribution >= 0.6 is 0 Å². The van der Waals surface area contributed by atoms with Crippen molar-refractivity contribution in [3.8, 4) is 0 Å². The monoisotopic (exact) mass is 894 g/mol. The minimum Gasteiger partial charge on any atom is -0.468 e. The number of benzene rings is 6. The summed E-state index contributed by atoms with van der Waals surface area (Å²) >= 11 is 0. The van der Waals surface area contributed by atoms with Crippen molar-refractivity contribution < 1.29 is 4.42 Å². The van der Waals surface area contributed by atoms with Crippen LogP contribution < -0.4 is 31.3 Å². The number of hydrogen-bond acceptors (Lipinski definition) is 6. The van der Waals surface area contributed by atoms with E-state index >= 15 is 0 Å². The number of para-hydroxylation sites is 2. The van der Waals surface area contributed by atoms with Crippen LogP contribution in [0, 0.1) is 0 Å². The molecular weight excluding hydrogens is 830 g/mol. The lowest BCUT2D eigenvalue weighted by Gasteiger charge is -2.42. The first-order valence-electron chi connectivity index (χ1n) is 24.5. The Morgan fingerprint density at radius 1 is 0.544 bits per heavy atom. The molecule has 2 aliphatic heterocycles. The molecule has 0 radical (unpaired) electrons. The van der Waals surface area contributed by atoms with Crippen LogP contribution in [-0.4, -0.2) is 16.7 Å². The number of aromatic nitrogens is 2. The number of nitrogens with zero attached hydrogens (tertiary/aromatic N) is 5. The molecule has 0 saturated carbocycles. The fraction of sp³-hybridized carbons (Fsp3) is 0.311. The lowest BCUT2D eigenvalue weighted by Crippen LogP contribution is -2.61. The Hall–Kier alpha value is -6.60. The molecule has 6 aromatic carbocycles. The second kappa shape index (κ2) is 15.0. The van der Waals surface area contributed by atoms with Crippen LogP contribution in [-0.2, 0) is 27.1 Å². The molecule has 0 saturated heterocycles. The number of furan rings is 1. The van der Waals surface area contributed by atoms with Crippen molar-refractivity contribution in [1.29, 1.82) is 0 Å². The van der Waals surface area contributed by atoms with Gasteiger partial charge in [0.05, 0.1) is 11.3 Å². The van der Waals surface area contributed by atoms with Gasteiger partial charge in [0, 0.05) is 39.3 Å². The molecule has 0 atom stereocenters. The van der Waals surface area contributed by atoms with Crippen molar-refractivity contribution in [3.63, 3.8) is 0 Å². The number of anilines is 9. The molecule has 7 heteroatoms. The van der Waals surface area contributed by atoms with Gasteiger partial charge in [-0.15, -0.1) is 0 Å². The molecule has 0 spiro atoms. The maximum Gasteiger partial charge on any atom is 0.301 e. The van der Waals surface area contributed by atoms with Crippen molar-refractivity contribution in [1.82, 2.24) is 9.97 Å². The van der Waals surface area contributed by atoms with Crippen molar-refractivity contribution in [3.05, 3.63) is 167 Å². The molecule has 11 rings (SSSR count). The van der Waals surface area contributed by atoms with Crippen LogP contribution in [0.3, 0.4) is 0 Å². The zero-order valence-electron chi connectivity index (χ0n) is 42.2. The third-order valence-corrected chi connectivity index (χ3v) is 14.9. The second-order valence-electron chi connectivity index (χ2n) is 24.0. The summed E-state index contributed by atoms with van der Waals surface area (Å²) in [5.74, 6) is 2.27. The van der Waals surface area contributed by atoms with Gasteiger partial charge in [0.2, 0.25) is 5.95 Å². The number of rotatable bonds is 5. The van der Waals surface area contributed by atoms with Crippen LogP contribution in [0.5, 0.6) is 0 Å². The number of hydrogen-bond donors (Lipinski definition) is 0. The zero-order chi connectivity index (χ0) is 47.9. The summed E-state index contributed by atoms with van der Waals surface area (Å²) in [5.41, 5.74) is 16.5. The smallest absolute Gasteiger partial charge is 0.301 e. The minimum atomic E-state index is -0.306. The predicted octanol–water partition coefficient (Wildman–Crippen LogP) is 14.6. The second-order valence-corrected chi connectivity index (χ2v) is 24.0. The first kappa shape index (κ1) is 43.9. The van der Waals surface area contributed by atoms with E-state index in [1.165, 1.54) is 33.3 Å². The Labute approximate surface area is 404 Å². The van der Waals surface area contributed by atoms with E-state index in [9.17, 15) is 0 Å². The molecule has 0 N–H and O–H groups in total. The Balaban J connectivity index is 1.30. The van der Waals surface area contributed by atoms with E-state index in [-0.39, 0.29) is 33.8 Å². The summed E-state index contributed by atoms with van der Waals surface area (Å²) in [4.78, 5) is 18.8. The molecule has 0 bridgehead atoms. The topological polar surface area (TPSA) is 48.6 Å². The van der Waals surface area contributed by atoms with E-state index in [2.05, 4.69) is 244 Å². The van der Waals surface area contributed by atoms with Crippen molar-refractivity contribution in [2.75, 3.05) is 14.7 Å². The summed E-state index contributed by atoms with van der Waals surface area (Å²) in [6.07, 6.45) is 1.07. The first-order chi connectivity index (χ1) is 32.1. The molecule has 0 fully saturated rings. The van der Waals surface area contributed by atoms with Crippen LogP contribution in [0.4, 0.5) is 51.7 Å². The highest BCUT2D eigenvalue weighted by Crippen LogP contribution is 2.53. The Kier molecular flexibility index (Phi) is 9.66. The van der Waals surface area contributed by atoms with Gasteiger partial charge in [-0.3, -0.25) is 14.7 Å². The lowest BCUT2D eigenvalue weighted by atomic mass is 9.36. The van der Waals surface area contributed by atoms with Gasteiger partial charge in [0.1, 0.15) is 17.2 Å². The average Bonchev–Trinajstić information content (AvgIpc) is 3.75. The van der Waals surface area contributed by atoms with Gasteiger partial charge < -0.3 is 4.42 Å². The molecule has 0 unspecified atom stereocenters. The normalized spacial score (nSPS) is 15.8. The predicted molar refractivity (Wildman–Crippen MR) is 287 cm³/mol. The van der Waals surface area contributed by atoms with Gasteiger partial charge in [-0.2, -0.15) is 9.97 Å². The van der Waals surface area contributed by atoms with Crippen LogP contribution in [0.2, 0.25) is 0 Å². The standard InChI is InChI=1S/C61H64BN5O/c1-57(2,3)38-24-28-43(29-25-38)66-49-32-26-40(59(7,8)9)35-48(49)62-51-54(66)63-56(65(41-20-16-14-17-21-41)42-22-18-15-19-23-42)64-55(51)67(44-30-31-46-47(36-44)61(12,13)37-60(46,10)11)52-45-34-39(58(4,5)6)27-33-50(45)68-53(52)62/h14-36H,37H2,1-13H3. The quantitative estimate of drug-likeness (QED) is 0.160. The highest BCUT2D eigenvalue weighted by molar-refractivity contribution is 6.99. The molecule has 342 valence electrons. The molecule has 8 aromatic rings. The zero-order valence-corrected chi connectivity index (χ0v) is 42.2. The highest BCUT2D eigenvalue weighted by atomic mass is 16.3. The van der Waals surface area contributed by atoms with Gasteiger partial charge in [-0.05, 0) is 134 Å². The Bertz CT molecular complexity index is 3240. The van der Waals surface area contributed by atoms with E-state index in [1.807, 2.05) is 0 Å². The van der Waals surface area contributed by atoms with Crippen molar-refractivity contribution >= 4 is 86.0 Å². The molecule has 3 aliphatic rings. The van der Waals surface area contributed by atoms with E-state index in [1.54, 1.807) is 0 Å². The maximum absolute atomic E-state index is 7.39.